The largest absolute Gasteiger partial charge is 0.366 e. The van der Waals surface area contributed by atoms with Gasteiger partial charge in [0.25, 0.3) is 5.91 Å². The molecular weight excluding hydrogens is 246 g/mol. The first-order valence-corrected chi connectivity index (χ1v) is 6.93. The third-order valence-corrected chi connectivity index (χ3v) is 4.08. The molecule has 0 aliphatic carbocycles. The number of pyridine rings is 1. The van der Waals surface area contributed by atoms with Crippen molar-refractivity contribution in [1.82, 2.24) is 9.55 Å². The van der Waals surface area contributed by atoms with E-state index in [1.807, 2.05) is 36.2 Å². The van der Waals surface area contributed by atoms with Crippen LogP contribution in [0.1, 0.15) is 16.1 Å². The number of amides is 1. The van der Waals surface area contributed by atoms with Crippen LogP contribution in [0.2, 0.25) is 0 Å². The van der Waals surface area contributed by atoms with Crippen LogP contribution in [0.5, 0.6) is 0 Å². The molecular formula is C13H13N3OS. The zero-order chi connectivity index (χ0) is 12.5. The van der Waals surface area contributed by atoms with Crippen molar-refractivity contribution >= 4 is 17.7 Å². The number of primary amides is 1. The molecule has 4 nitrogen and oxygen atoms in total. The molecule has 0 atom stereocenters. The summed E-state index contributed by atoms with van der Waals surface area (Å²) in [7, 11) is 0. The van der Waals surface area contributed by atoms with Gasteiger partial charge in [-0.15, -0.1) is 0 Å². The standard InChI is InChI=1S/C13H13N3OS/c14-13(17)10-6-11(9-2-1-3-15-7-9)16-4-5-18-8-12(10)16/h1-3,6-7H,4-5,8H2,(H2,14,17). The molecule has 1 aliphatic heterocycles. The zero-order valence-electron chi connectivity index (χ0n) is 9.80. The highest BCUT2D eigenvalue weighted by Crippen LogP contribution is 2.31. The molecule has 92 valence electrons. The highest BCUT2D eigenvalue weighted by atomic mass is 32.2. The summed E-state index contributed by atoms with van der Waals surface area (Å²) in [5, 5.41) is 0. The van der Waals surface area contributed by atoms with Gasteiger partial charge in [0.15, 0.2) is 0 Å². The zero-order valence-corrected chi connectivity index (χ0v) is 10.6. The van der Waals surface area contributed by atoms with E-state index in [0.717, 1.165) is 35.0 Å². The molecule has 0 saturated carbocycles. The summed E-state index contributed by atoms with van der Waals surface area (Å²) in [5.74, 6) is 1.56. The molecule has 0 fully saturated rings. The molecule has 3 heterocycles. The second-order valence-electron chi connectivity index (χ2n) is 4.20. The molecule has 5 heteroatoms. The Hall–Kier alpha value is -1.75. The smallest absolute Gasteiger partial charge is 0.250 e. The Morgan fingerprint density at radius 1 is 1.50 bits per heavy atom. The molecule has 18 heavy (non-hydrogen) atoms. The topological polar surface area (TPSA) is 60.9 Å². The predicted molar refractivity (Wildman–Crippen MR) is 72.3 cm³/mol. The first-order chi connectivity index (χ1) is 8.77. The summed E-state index contributed by atoms with van der Waals surface area (Å²) < 4.78 is 2.19. The van der Waals surface area contributed by atoms with Gasteiger partial charge in [-0.1, -0.05) is 0 Å². The van der Waals surface area contributed by atoms with Crippen molar-refractivity contribution in [1.29, 1.82) is 0 Å². The predicted octanol–water partition coefficient (Wildman–Crippen LogP) is 1.90. The summed E-state index contributed by atoms with van der Waals surface area (Å²) in [6.45, 7) is 0.914. The van der Waals surface area contributed by atoms with E-state index in [1.54, 1.807) is 6.20 Å². The van der Waals surface area contributed by atoms with Crippen molar-refractivity contribution in [2.24, 2.45) is 5.73 Å². The number of aromatic nitrogens is 2. The van der Waals surface area contributed by atoms with E-state index in [-0.39, 0.29) is 5.91 Å². The minimum Gasteiger partial charge on any atom is -0.366 e. The van der Waals surface area contributed by atoms with Crippen molar-refractivity contribution in [3.8, 4) is 11.3 Å². The normalized spacial score (nSPS) is 14.2. The number of carbonyl (C=O) groups excluding carboxylic acids is 1. The molecule has 2 aromatic rings. The van der Waals surface area contributed by atoms with Gasteiger partial charge >= 0.3 is 0 Å². The Morgan fingerprint density at radius 2 is 2.39 bits per heavy atom. The Balaban J connectivity index is 2.18. The number of fused-ring (bicyclic) bond motifs is 1. The van der Waals surface area contributed by atoms with Crippen LogP contribution in [0.4, 0.5) is 0 Å². The van der Waals surface area contributed by atoms with Crippen LogP contribution in [0.3, 0.4) is 0 Å². The van der Waals surface area contributed by atoms with Gasteiger partial charge in [0.1, 0.15) is 0 Å². The second kappa shape index (κ2) is 4.49. The van der Waals surface area contributed by atoms with Crippen molar-refractivity contribution in [2.45, 2.75) is 12.3 Å². The fourth-order valence-corrected chi connectivity index (χ4v) is 3.25. The molecule has 2 N–H and O–H groups in total. The quantitative estimate of drug-likeness (QED) is 0.896. The average Bonchev–Trinajstić information content (AvgIpc) is 2.79. The fourth-order valence-electron chi connectivity index (χ4n) is 2.29. The molecule has 2 aromatic heterocycles. The lowest BCUT2D eigenvalue weighted by atomic mass is 10.2. The van der Waals surface area contributed by atoms with Crippen molar-refractivity contribution in [3.63, 3.8) is 0 Å². The van der Waals surface area contributed by atoms with Gasteiger partial charge in [0.05, 0.1) is 11.3 Å². The lowest BCUT2D eigenvalue weighted by Crippen LogP contribution is -2.17. The van der Waals surface area contributed by atoms with Gasteiger partial charge < -0.3 is 10.3 Å². The van der Waals surface area contributed by atoms with E-state index in [1.165, 1.54) is 0 Å². The number of rotatable bonds is 2. The second-order valence-corrected chi connectivity index (χ2v) is 5.31. The minimum absolute atomic E-state index is 0.351. The minimum atomic E-state index is -0.351. The average molecular weight is 259 g/mol. The Morgan fingerprint density at radius 3 is 3.11 bits per heavy atom. The van der Waals surface area contributed by atoms with E-state index >= 15 is 0 Å². The first-order valence-electron chi connectivity index (χ1n) is 5.77. The summed E-state index contributed by atoms with van der Waals surface area (Å²) in [5.41, 5.74) is 9.19. The van der Waals surface area contributed by atoms with Gasteiger partial charge in [-0.3, -0.25) is 9.78 Å². The maximum absolute atomic E-state index is 11.5. The summed E-state index contributed by atoms with van der Waals surface area (Å²) >= 11 is 1.83. The third-order valence-electron chi connectivity index (χ3n) is 3.13. The molecule has 1 amide bonds. The third kappa shape index (κ3) is 1.80. The van der Waals surface area contributed by atoms with E-state index in [9.17, 15) is 4.79 Å². The molecule has 0 aromatic carbocycles. The van der Waals surface area contributed by atoms with Crippen molar-refractivity contribution in [2.75, 3.05) is 5.75 Å². The first kappa shape index (κ1) is 11.3. The molecule has 0 spiro atoms. The van der Waals surface area contributed by atoms with E-state index in [4.69, 9.17) is 5.73 Å². The van der Waals surface area contributed by atoms with Crippen molar-refractivity contribution < 1.29 is 4.79 Å². The van der Waals surface area contributed by atoms with Gasteiger partial charge in [-0.2, -0.15) is 11.8 Å². The Bertz CT molecular complexity index is 592. The van der Waals surface area contributed by atoms with Gasteiger partial charge in [0, 0.05) is 41.7 Å². The molecule has 0 radical (unpaired) electrons. The van der Waals surface area contributed by atoms with Gasteiger partial charge in [0.2, 0.25) is 0 Å². The van der Waals surface area contributed by atoms with Crippen LogP contribution in [0, 0.1) is 0 Å². The van der Waals surface area contributed by atoms with Gasteiger partial charge in [-0.05, 0) is 18.2 Å². The summed E-state index contributed by atoms with van der Waals surface area (Å²) in [4.78, 5) is 15.6. The number of nitrogens with two attached hydrogens (primary N) is 1. The molecule has 0 bridgehead atoms. The number of nitrogens with zero attached hydrogens (tertiary/aromatic N) is 2. The maximum atomic E-state index is 11.5. The van der Waals surface area contributed by atoms with E-state index in [2.05, 4.69) is 9.55 Å². The lowest BCUT2D eigenvalue weighted by Gasteiger charge is -2.18. The molecule has 0 unspecified atom stereocenters. The van der Waals surface area contributed by atoms with Gasteiger partial charge in [-0.25, -0.2) is 0 Å². The van der Waals surface area contributed by atoms with E-state index < -0.39 is 0 Å². The number of carbonyl (C=O) groups is 1. The molecule has 3 rings (SSSR count). The van der Waals surface area contributed by atoms with E-state index in [0.29, 0.717) is 5.56 Å². The van der Waals surface area contributed by atoms with Crippen LogP contribution in [-0.2, 0) is 12.3 Å². The van der Waals surface area contributed by atoms with Crippen LogP contribution in [0.15, 0.2) is 30.6 Å². The number of hydrogen-bond acceptors (Lipinski definition) is 3. The lowest BCUT2D eigenvalue weighted by molar-refractivity contribution is 0.0999. The fraction of sp³-hybridized carbons (Fsp3) is 0.231. The highest BCUT2D eigenvalue weighted by molar-refractivity contribution is 7.98. The van der Waals surface area contributed by atoms with Crippen LogP contribution in [0.25, 0.3) is 11.3 Å². The molecule has 1 aliphatic rings. The Kier molecular flexibility index (Phi) is 2.83. The van der Waals surface area contributed by atoms with Crippen molar-refractivity contribution in [3.05, 3.63) is 41.9 Å². The SMILES string of the molecule is NC(=O)c1cc(-c2cccnc2)n2c1CSCC2. The monoisotopic (exact) mass is 259 g/mol. The summed E-state index contributed by atoms with van der Waals surface area (Å²) in [6, 6.07) is 5.79. The maximum Gasteiger partial charge on any atom is 0.250 e. The molecule has 0 saturated heterocycles. The van der Waals surface area contributed by atoms with Crippen LogP contribution < -0.4 is 5.73 Å². The van der Waals surface area contributed by atoms with Crippen LogP contribution >= 0.6 is 11.8 Å². The number of thioether (sulfide) groups is 1. The number of hydrogen-bond donors (Lipinski definition) is 1. The summed E-state index contributed by atoms with van der Waals surface area (Å²) in [6.07, 6.45) is 3.56. The highest BCUT2D eigenvalue weighted by Gasteiger charge is 2.21. The van der Waals surface area contributed by atoms with Crippen LogP contribution in [-0.4, -0.2) is 21.2 Å². The Labute approximate surface area is 109 Å².